The number of fused-ring (bicyclic) bond motifs is 1. The van der Waals surface area contributed by atoms with Crippen LogP contribution in [0.5, 0.6) is 5.88 Å². The fraction of sp³-hybridized carbons (Fsp3) is 0.409. The molecule has 0 atom stereocenters. The zero-order valence-corrected chi connectivity index (χ0v) is 18.0. The van der Waals surface area contributed by atoms with Gasteiger partial charge in [-0.15, -0.1) is 0 Å². The number of aryl methyl sites for hydroxylation is 2. The molecule has 1 fully saturated rings. The third-order valence-corrected chi connectivity index (χ3v) is 5.32. The Morgan fingerprint density at radius 2 is 1.91 bits per heavy atom. The highest BCUT2D eigenvalue weighted by Gasteiger charge is 2.21. The number of hydrogen-bond acceptors (Lipinski definition) is 6. The van der Waals surface area contributed by atoms with Crippen LogP contribution >= 0.6 is 0 Å². The maximum absolute atomic E-state index is 13.9. The van der Waals surface area contributed by atoms with Crippen LogP contribution in [0.25, 0.3) is 5.65 Å². The van der Waals surface area contributed by atoms with Crippen LogP contribution in [0.3, 0.4) is 0 Å². The molecule has 170 valence electrons. The SMILES string of the molecule is Cc1cn2c(C(=O)NCCN3CCOCC3)c(C)nc2c(OCc2c(F)cccc2F)n1. The van der Waals surface area contributed by atoms with E-state index in [2.05, 4.69) is 20.2 Å². The predicted molar refractivity (Wildman–Crippen MR) is 113 cm³/mol. The Morgan fingerprint density at radius 3 is 2.62 bits per heavy atom. The molecule has 0 saturated carbocycles. The van der Waals surface area contributed by atoms with Crippen molar-refractivity contribution in [3.05, 3.63) is 58.7 Å². The van der Waals surface area contributed by atoms with Crippen molar-refractivity contribution in [3.63, 3.8) is 0 Å². The largest absolute Gasteiger partial charge is 0.470 e. The van der Waals surface area contributed by atoms with E-state index in [1.54, 1.807) is 24.4 Å². The number of carbonyl (C=O) groups excluding carboxylic acids is 1. The number of ether oxygens (including phenoxy) is 2. The van der Waals surface area contributed by atoms with E-state index in [1.165, 1.54) is 18.2 Å². The Labute approximate surface area is 184 Å². The van der Waals surface area contributed by atoms with Gasteiger partial charge in [0.25, 0.3) is 11.8 Å². The predicted octanol–water partition coefficient (Wildman–Crippen LogP) is 2.27. The van der Waals surface area contributed by atoms with E-state index in [0.717, 1.165) is 19.6 Å². The maximum Gasteiger partial charge on any atom is 0.270 e. The molecule has 0 spiro atoms. The van der Waals surface area contributed by atoms with Gasteiger partial charge in [0.15, 0.2) is 0 Å². The van der Waals surface area contributed by atoms with E-state index in [0.29, 0.717) is 42.5 Å². The Bertz CT molecular complexity index is 1110. The molecule has 0 aliphatic carbocycles. The van der Waals surface area contributed by atoms with Crippen LogP contribution in [0, 0.1) is 25.5 Å². The molecule has 0 unspecified atom stereocenters. The molecular weight excluding hydrogens is 420 g/mol. The van der Waals surface area contributed by atoms with Gasteiger partial charge in [0.2, 0.25) is 5.65 Å². The Balaban J connectivity index is 1.52. The zero-order chi connectivity index (χ0) is 22.7. The van der Waals surface area contributed by atoms with Crippen molar-refractivity contribution < 1.29 is 23.0 Å². The van der Waals surface area contributed by atoms with E-state index in [9.17, 15) is 13.6 Å². The third kappa shape index (κ3) is 4.71. The summed E-state index contributed by atoms with van der Waals surface area (Å²) in [5, 5.41) is 2.93. The summed E-state index contributed by atoms with van der Waals surface area (Å²) >= 11 is 0. The van der Waals surface area contributed by atoms with Crippen LogP contribution in [-0.2, 0) is 11.3 Å². The Hall–Kier alpha value is -3.11. The fourth-order valence-electron chi connectivity index (χ4n) is 3.67. The molecule has 0 bridgehead atoms. The summed E-state index contributed by atoms with van der Waals surface area (Å²) in [6.45, 7) is 7.43. The first kappa shape index (κ1) is 22.1. The van der Waals surface area contributed by atoms with Crippen LogP contribution in [0.1, 0.15) is 27.4 Å². The van der Waals surface area contributed by atoms with Crippen molar-refractivity contribution in [1.82, 2.24) is 24.6 Å². The van der Waals surface area contributed by atoms with E-state index >= 15 is 0 Å². The van der Waals surface area contributed by atoms with Crippen LogP contribution in [0.2, 0.25) is 0 Å². The van der Waals surface area contributed by atoms with E-state index in [1.807, 2.05) is 0 Å². The van der Waals surface area contributed by atoms with Gasteiger partial charge in [0.05, 0.1) is 30.2 Å². The monoisotopic (exact) mass is 445 g/mol. The summed E-state index contributed by atoms with van der Waals surface area (Å²) in [6.07, 6.45) is 1.68. The van der Waals surface area contributed by atoms with Gasteiger partial charge in [-0.25, -0.2) is 18.7 Å². The standard InChI is InChI=1S/C22H25F2N5O3/c1-14-12-29-19(21(30)25-6-7-28-8-10-31-11-9-28)15(2)27-20(29)22(26-14)32-13-16-17(23)4-3-5-18(16)24/h3-5,12H,6-11,13H2,1-2H3,(H,25,30). The first-order valence-electron chi connectivity index (χ1n) is 10.4. The number of aromatic nitrogens is 3. The summed E-state index contributed by atoms with van der Waals surface area (Å²) in [4.78, 5) is 23.9. The van der Waals surface area contributed by atoms with E-state index in [4.69, 9.17) is 9.47 Å². The number of carbonyl (C=O) groups is 1. The van der Waals surface area contributed by atoms with Gasteiger partial charge in [-0.1, -0.05) is 6.07 Å². The van der Waals surface area contributed by atoms with Crippen molar-refractivity contribution >= 4 is 11.6 Å². The molecule has 1 saturated heterocycles. The Kier molecular flexibility index (Phi) is 6.61. The molecule has 32 heavy (non-hydrogen) atoms. The Morgan fingerprint density at radius 1 is 1.19 bits per heavy atom. The topological polar surface area (TPSA) is 81.0 Å². The molecule has 1 aliphatic rings. The van der Waals surface area contributed by atoms with Gasteiger partial charge in [-0.3, -0.25) is 14.1 Å². The summed E-state index contributed by atoms with van der Waals surface area (Å²) in [5.74, 6) is -1.56. The molecule has 8 nitrogen and oxygen atoms in total. The minimum atomic E-state index is -0.700. The molecule has 1 N–H and O–H groups in total. The number of morpholine rings is 1. The first-order chi connectivity index (χ1) is 15.4. The lowest BCUT2D eigenvalue weighted by atomic mass is 10.2. The zero-order valence-electron chi connectivity index (χ0n) is 18.0. The van der Waals surface area contributed by atoms with E-state index in [-0.39, 0.29) is 24.0 Å². The number of hydrogen-bond donors (Lipinski definition) is 1. The molecule has 10 heteroatoms. The average Bonchev–Trinajstić information content (AvgIpc) is 3.09. The third-order valence-electron chi connectivity index (χ3n) is 5.32. The second-order valence-electron chi connectivity index (χ2n) is 7.63. The second-order valence-corrected chi connectivity index (χ2v) is 7.63. The molecule has 3 aromatic rings. The number of imidazole rings is 1. The van der Waals surface area contributed by atoms with Gasteiger partial charge in [0, 0.05) is 32.4 Å². The highest BCUT2D eigenvalue weighted by Crippen LogP contribution is 2.23. The highest BCUT2D eigenvalue weighted by molar-refractivity contribution is 5.94. The minimum Gasteiger partial charge on any atom is -0.470 e. The smallest absolute Gasteiger partial charge is 0.270 e. The summed E-state index contributed by atoms with van der Waals surface area (Å²) in [6, 6.07) is 3.62. The normalized spacial score (nSPS) is 14.6. The van der Waals surface area contributed by atoms with Gasteiger partial charge < -0.3 is 14.8 Å². The molecule has 3 heterocycles. The van der Waals surface area contributed by atoms with Crippen molar-refractivity contribution in [1.29, 1.82) is 0 Å². The number of rotatable bonds is 7. The van der Waals surface area contributed by atoms with Gasteiger partial charge in [-0.05, 0) is 26.0 Å². The van der Waals surface area contributed by atoms with Crippen LogP contribution in [0.15, 0.2) is 24.4 Å². The quantitative estimate of drug-likeness (QED) is 0.601. The van der Waals surface area contributed by atoms with Gasteiger partial charge in [-0.2, -0.15) is 0 Å². The second kappa shape index (κ2) is 9.58. The first-order valence-corrected chi connectivity index (χ1v) is 10.4. The summed E-state index contributed by atoms with van der Waals surface area (Å²) in [7, 11) is 0. The number of nitrogens with one attached hydrogen (secondary N) is 1. The average molecular weight is 445 g/mol. The highest BCUT2D eigenvalue weighted by atomic mass is 19.1. The lowest BCUT2D eigenvalue weighted by molar-refractivity contribution is 0.0383. The number of nitrogens with zero attached hydrogens (tertiary/aromatic N) is 4. The molecule has 2 aromatic heterocycles. The number of amides is 1. The fourth-order valence-corrected chi connectivity index (χ4v) is 3.67. The van der Waals surface area contributed by atoms with Crippen LogP contribution in [0.4, 0.5) is 8.78 Å². The molecule has 4 rings (SSSR count). The van der Waals surface area contributed by atoms with Crippen LogP contribution in [-0.4, -0.2) is 64.6 Å². The van der Waals surface area contributed by atoms with Crippen molar-refractivity contribution in [2.75, 3.05) is 39.4 Å². The van der Waals surface area contributed by atoms with Crippen molar-refractivity contribution in [2.45, 2.75) is 20.5 Å². The molecule has 0 radical (unpaired) electrons. The van der Waals surface area contributed by atoms with E-state index < -0.39 is 11.6 Å². The van der Waals surface area contributed by atoms with Gasteiger partial charge in [0.1, 0.15) is 23.9 Å². The number of benzene rings is 1. The summed E-state index contributed by atoms with van der Waals surface area (Å²) in [5.41, 5.74) is 1.56. The maximum atomic E-state index is 13.9. The lowest BCUT2D eigenvalue weighted by Gasteiger charge is -2.26. The van der Waals surface area contributed by atoms with Gasteiger partial charge >= 0.3 is 0 Å². The molecule has 1 aromatic carbocycles. The van der Waals surface area contributed by atoms with Crippen LogP contribution < -0.4 is 10.1 Å². The van der Waals surface area contributed by atoms with Crippen molar-refractivity contribution in [3.8, 4) is 5.88 Å². The van der Waals surface area contributed by atoms with Crippen molar-refractivity contribution in [2.24, 2.45) is 0 Å². The minimum absolute atomic E-state index is 0.100. The molecule has 1 amide bonds. The summed E-state index contributed by atoms with van der Waals surface area (Å²) < 4.78 is 40.5. The lowest BCUT2D eigenvalue weighted by Crippen LogP contribution is -2.41. The molecule has 1 aliphatic heterocycles. The number of halogens is 2. The molecular formula is C22H25F2N5O3.